The highest BCUT2D eigenvalue weighted by molar-refractivity contribution is 7.74. The summed E-state index contributed by atoms with van der Waals surface area (Å²) < 4.78 is 26.6. The zero-order chi connectivity index (χ0) is 13.8. The fraction of sp³-hybridized carbons (Fsp3) is 0.692. The molecule has 5 heteroatoms. The van der Waals surface area contributed by atoms with Crippen molar-refractivity contribution in [2.24, 2.45) is 5.41 Å². The van der Waals surface area contributed by atoms with Crippen molar-refractivity contribution in [1.82, 2.24) is 4.98 Å². The third-order valence-electron chi connectivity index (χ3n) is 3.21. The molecule has 3 unspecified atom stereocenters. The molecule has 0 radical (unpaired) electrons. The predicted octanol–water partition coefficient (Wildman–Crippen LogP) is 3.12. The lowest BCUT2D eigenvalue weighted by atomic mass is 9.82. The van der Waals surface area contributed by atoms with E-state index in [1.807, 2.05) is 39.1 Å². The van der Waals surface area contributed by atoms with Gasteiger partial charge in [-0.2, -0.15) is 0 Å². The third-order valence-corrected chi connectivity index (χ3v) is 3.60. The number of aromatic nitrogens is 1. The Balaban J connectivity index is 2.78. The van der Waals surface area contributed by atoms with E-state index in [0.29, 0.717) is 6.42 Å². The minimum absolute atomic E-state index is 0.208. The lowest BCUT2D eigenvalue weighted by Gasteiger charge is -2.33. The van der Waals surface area contributed by atoms with Gasteiger partial charge in [-0.05, 0) is 30.4 Å². The van der Waals surface area contributed by atoms with E-state index in [1.165, 1.54) is 0 Å². The molecule has 0 saturated heterocycles. The zero-order valence-electron chi connectivity index (χ0n) is 11.4. The van der Waals surface area contributed by atoms with Crippen LogP contribution in [0.5, 0.6) is 0 Å². The quantitative estimate of drug-likeness (QED) is 0.809. The van der Waals surface area contributed by atoms with Gasteiger partial charge in [0.15, 0.2) is 0 Å². The van der Waals surface area contributed by atoms with Crippen LogP contribution in [0.25, 0.3) is 0 Å². The maximum Gasteiger partial charge on any atom is 0.0845 e. The molecule has 0 bridgehead atoms. The van der Waals surface area contributed by atoms with Gasteiger partial charge < -0.3 is 9.54 Å². The Bertz CT molecular complexity index is 370. The second-order valence-electron chi connectivity index (χ2n) is 5.62. The molecule has 0 amide bonds. The van der Waals surface area contributed by atoms with Crippen molar-refractivity contribution >= 4 is 11.4 Å². The van der Waals surface area contributed by atoms with E-state index in [1.54, 1.807) is 0 Å². The number of aromatic amines is 1. The Hall–Kier alpha value is -0.650. The summed E-state index contributed by atoms with van der Waals surface area (Å²) in [5, 5.41) is 0. The number of hydrogen-bond acceptors (Lipinski definition) is 3. The highest BCUT2D eigenvalue weighted by Crippen LogP contribution is 2.33. The molecule has 104 valence electrons. The fourth-order valence-electron chi connectivity index (χ4n) is 2.00. The van der Waals surface area contributed by atoms with Crippen LogP contribution in [0.1, 0.15) is 52.1 Å². The van der Waals surface area contributed by atoms with Crippen molar-refractivity contribution in [3.05, 3.63) is 24.0 Å². The largest absolute Gasteiger partial charge is 0.750 e. The minimum atomic E-state index is -2.47. The molecule has 1 N–H and O–H groups in total. The summed E-state index contributed by atoms with van der Waals surface area (Å²) in [5.41, 5.74) is 0.923. The van der Waals surface area contributed by atoms with E-state index in [2.05, 4.69) is 11.9 Å². The Morgan fingerprint density at radius 2 is 2.17 bits per heavy atom. The van der Waals surface area contributed by atoms with E-state index < -0.39 is 11.4 Å². The molecule has 0 aliphatic heterocycles. The van der Waals surface area contributed by atoms with Crippen LogP contribution in [-0.4, -0.2) is 19.8 Å². The number of rotatable bonds is 6. The van der Waals surface area contributed by atoms with Gasteiger partial charge in [-0.15, -0.1) is 0 Å². The summed E-state index contributed by atoms with van der Waals surface area (Å²) in [6.07, 6.45) is 3.21. The molecule has 0 saturated carbocycles. The first-order chi connectivity index (χ1) is 8.34. The van der Waals surface area contributed by atoms with Crippen molar-refractivity contribution in [2.75, 3.05) is 0 Å². The van der Waals surface area contributed by atoms with Crippen LogP contribution in [-0.2, 0) is 15.5 Å². The van der Waals surface area contributed by atoms with Gasteiger partial charge >= 0.3 is 0 Å². The van der Waals surface area contributed by atoms with Crippen LogP contribution >= 0.6 is 0 Å². The van der Waals surface area contributed by atoms with Crippen molar-refractivity contribution in [1.29, 1.82) is 0 Å². The Morgan fingerprint density at radius 3 is 2.56 bits per heavy atom. The van der Waals surface area contributed by atoms with E-state index in [-0.39, 0.29) is 17.4 Å². The monoisotopic (exact) mass is 272 g/mol. The maximum atomic E-state index is 10.8. The number of hydrogen-bond donors (Lipinski definition) is 1. The van der Waals surface area contributed by atoms with Crippen LogP contribution in [0.2, 0.25) is 0 Å². The molecule has 0 spiro atoms. The van der Waals surface area contributed by atoms with Crippen LogP contribution in [0.15, 0.2) is 18.3 Å². The standard InChI is InChI=1S/C13H23NO3S/c1-5-10(11-7-6-8-14-11)9-12(13(2,3)4)17-18(15)16/h6-8,10,12,14H,5,9H2,1-4H3,(H,15,16)/p-1. The van der Waals surface area contributed by atoms with Gasteiger partial charge in [0.2, 0.25) is 0 Å². The first kappa shape index (κ1) is 15.4. The molecule has 1 heterocycles. The minimum Gasteiger partial charge on any atom is -0.750 e. The SMILES string of the molecule is CCC(CC(OS(=O)[O-])C(C)(C)C)c1ccc[nH]1. The average Bonchev–Trinajstić information content (AvgIpc) is 2.75. The molecule has 18 heavy (non-hydrogen) atoms. The normalized spacial score (nSPS) is 17.4. The molecule has 0 fully saturated rings. The fourth-order valence-corrected chi connectivity index (χ4v) is 2.56. The Labute approximate surface area is 112 Å². The first-order valence-corrected chi connectivity index (χ1v) is 7.24. The molecule has 1 aromatic heterocycles. The lowest BCUT2D eigenvalue weighted by molar-refractivity contribution is 0.0743. The molecule has 0 aliphatic carbocycles. The van der Waals surface area contributed by atoms with Gasteiger partial charge in [0.25, 0.3) is 0 Å². The second kappa shape index (κ2) is 6.50. The predicted molar refractivity (Wildman–Crippen MR) is 71.7 cm³/mol. The summed E-state index contributed by atoms with van der Waals surface area (Å²) in [6.45, 7) is 8.07. The van der Waals surface area contributed by atoms with Gasteiger partial charge in [-0.3, -0.25) is 4.18 Å². The molecule has 1 rings (SSSR count). The molecule has 1 aromatic rings. The Morgan fingerprint density at radius 1 is 1.50 bits per heavy atom. The van der Waals surface area contributed by atoms with Crippen LogP contribution in [0.3, 0.4) is 0 Å². The van der Waals surface area contributed by atoms with Crippen molar-refractivity contribution in [3.8, 4) is 0 Å². The van der Waals surface area contributed by atoms with E-state index in [4.69, 9.17) is 4.18 Å². The summed E-state index contributed by atoms with van der Waals surface area (Å²) in [7, 11) is 0. The molecule has 0 aromatic carbocycles. The van der Waals surface area contributed by atoms with Gasteiger partial charge in [0.1, 0.15) is 0 Å². The zero-order valence-corrected chi connectivity index (χ0v) is 12.3. The van der Waals surface area contributed by atoms with Crippen LogP contribution in [0.4, 0.5) is 0 Å². The summed E-state index contributed by atoms with van der Waals surface area (Å²) >= 11 is -2.47. The summed E-state index contributed by atoms with van der Waals surface area (Å²) in [5.74, 6) is 0.285. The smallest absolute Gasteiger partial charge is 0.0845 e. The third kappa shape index (κ3) is 4.55. The second-order valence-corrected chi connectivity index (χ2v) is 6.22. The van der Waals surface area contributed by atoms with Crippen molar-refractivity contribution in [3.63, 3.8) is 0 Å². The maximum absolute atomic E-state index is 10.8. The van der Waals surface area contributed by atoms with E-state index in [0.717, 1.165) is 12.1 Å². The average molecular weight is 272 g/mol. The molecule has 0 aliphatic rings. The van der Waals surface area contributed by atoms with E-state index >= 15 is 0 Å². The van der Waals surface area contributed by atoms with Gasteiger partial charge in [-0.1, -0.05) is 27.7 Å². The number of H-pyrrole nitrogens is 1. The Kier molecular flexibility index (Phi) is 5.56. The van der Waals surface area contributed by atoms with Crippen LogP contribution in [0, 0.1) is 5.41 Å². The molecular weight excluding hydrogens is 250 g/mol. The van der Waals surface area contributed by atoms with Gasteiger partial charge in [0.05, 0.1) is 17.5 Å². The summed E-state index contributed by atoms with van der Waals surface area (Å²) in [4.78, 5) is 3.19. The van der Waals surface area contributed by atoms with Gasteiger partial charge in [0, 0.05) is 17.8 Å². The first-order valence-electron chi connectivity index (χ1n) is 6.24. The highest BCUT2D eigenvalue weighted by atomic mass is 32.2. The van der Waals surface area contributed by atoms with Crippen LogP contribution < -0.4 is 0 Å². The van der Waals surface area contributed by atoms with Gasteiger partial charge in [-0.25, -0.2) is 4.21 Å². The molecule has 4 nitrogen and oxygen atoms in total. The van der Waals surface area contributed by atoms with Crippen molar-refractivity contribution < 1.29 is 12.9 Å². The highest BCUT2D eigenvalue weighted by Gasteiger charge is 2.29. The topological polar surface area (TPSA) is 65.2 Å². The molecular formula is C13H22NO3S-. The van der Waals surface area contributed by atoms with E-state index in [9.17, 15) is 8.76 Å². The van der Waals surface area contributed by atoms with Crippen molar-refractivity contribution in [2.45, 2.75) is 52.6 Å². The summed E-state index contributed by atoms with van der Waals surface area (Å²) in [6, 6.07) is 3.98. The lowest BCUT2D eigenvalue weighted by Crippen LogP contribution is -2.31. The molecule has 3 atom stereocenters. The number of nitrogens with one attached hydrogen (secondary N) is 1.